The van der Waals surface area contributed by atoms with Crippen LogP contribution in [0.1, 0.15) is 0 Å². The average Bonchev–Trinajstić information content (AvgIpc) is 2.61. The zero-order valence-electron chi connectivity index (χ0n) is 6.97. The first-order valence-electron chi connectivity index (χ1n) is 3.77. The molecular formula is C8H7NO4S. The van der Waals surface area contributed by atoms with E-state index < -0.39 is 10.0 Å². The molecule has 1 aromatic heterocycles. The van der Waals surface area contributed by atoms with Crippen molar-refractivity contribution in [2.75, 3.05) is 0 Å². The van der Waals surface area contributed by atoms with Crippen molar-refractivity contribution >= 4 is 21.0 Å². The normalized spacial score (nSPS) is 12.1. The molecule has 0 amide bonds. The van der Waals surface area contributed by atoms with Gasteiger partial charge < -0.3 is 9.62 Å². The Kier molecular flexibility index (Phi) is 2.03. The first kappa shape index (κ1) is 9.20. The number of hydrogen-bond acceptors (Lipinski definition) is 4. The fraction of sp³-hybridized carbons (Fsp3) is 0. The van der Waals surface area contributed by atoms with Gasteiger partial charge in [-0.05, 0) is 12.1 Å². The maximum absolute atomic E-state index is 11.3. The molecule has 14 heavy (non-hydrogen) atoms. The summed E-state index contributed by atoms with van der Waals surface area (Å²) in [6.45, 7) is 0. The number of rotatable bonds is 2. The van der Waals surface area contributed by atoms with Gasteiger partial charge in [-0.15, -0.1) is 0 Å². The molecule has 5 nitrogen and oxygen atoms in total. The van der Waals surface area contributed by atoms with Crippen LogP contribution in [0.2, 0.25) is 0 Å². The zero-order valence-corrected chi connectivity index (χ0v) is 7.78. The van der Waals surface area contributed by atoms with Gasteiger partial charge in [0, 0.05) is 5.39 Å². The molecule has 0 aliphatic carbocycles. The van der Waals surface area contributed by atoms with Crippen molar-refractivity contribution in [1.29, 1.82) is 0 Å². The molecule has 0 atom stereocenters. The van der Waals surface area contributed by atoms with Crippen LogP contribution in [-0.4, -0.2) is 13.6 Å². The van der Waals surface area contributed by atoms with E-state index in [0.29, 0.717) is 11.0 Å². The van der Waals surface area contributed by atoms with Crippen molar-refractivity contribution in [2.24, 2.45) is 0 Å². The molecule has 0 aliphatic heterocycles. The summed E-state index contributed by atoms with van der Waals surface area (Å²) in [5, 5.41) is 8.88. The standard InChI is InChI=1S/C8H7NO4S/c10-9-14(11,12)8-5-13-7-4-2-1-3-6(7)8/h1-5,9-10H. The van der Waals surface area contributed by atoms with Crippen LogP contribution >= 0.6 is 0 Å². The molecule has 2 N–H and O–H groups in total. The summed E-state index contributed by atoms with van der Waals surface area (Å²) < 4.78 is 27.5. The number of nitrogens with one attached hydrogen (secondary N) is 1. The molecular weight excluding hydrogens is 206 g/mol. The Balaban J connectivity index is 2.77. The fourth-order valence-corrected chi connectivity index (χ4v) is 1.94. The Morgan fingerprint density at radius 1 is 1.29 bits per heavy atom. The van der Waals surface area contributed by atoms with Gasteiger partial charge in [-0.1, -0.05) is 17.0 Å². The largest absolute Gasteiger partial charge is 0.463 e. The molecule has 2 rings (SSSR count). The van der Waals surface area contributed by atoms with E-state index in [1.54, 1.807) is 24.3 Å². The van der Waals surface area contributed by atoms with E-state index >= 15 is 0 Å². The average molecular weight is 213 g/mol. The first-order valence-corrected chi connectivity index (χ1v) is 5.25. The molecule has 6 heteroatoms. The number of hydrogen-bond donors (Lipinski definition) is 2. The van der Waals surface area contributed by atoms with Crippen LogP contribution in [0.3, 0.4) is 0 Å². The molecule has 1 heterocycles. The van der Waals surface area contributed by atoms with Crippen molar-refractivity contribution < 1.29 is 18.0 Å². The van der Waals surface area contributed by atoms with E-state index in [0.717, 1.165) is 6.26 Å². The Labute approximate surface area is 80.0 Å². The monoisotopic (exact) mass is 213 g/mol. The third-order valence-corrected chi connectivity index (χ3v) is 2.99. The van der Waals surface area contributed by atoms with Gasteiger partial charge in [0.2, 0.25) is 0 Å². The van der Waals surface area contributed by atoms with E-state index in [2.05, 4.69) is 0 Å². The van der Waals surface area contributed by atoms with Gasteiger partial charge >= 0.3 is 0 Å². The van der Waals surface area contributed by atoms with Crippen LogP contribution in [0.5, 0.6) is 0 Å². The van der Waals surface area contributed by atoms with Crippen molar-refractivity contribution in [2.45, 2.75) is 4.90 Å². The maximum atomic E-state index is 11.3. The van der Waals surface area contributed by atoms with E-state index in [-0.39, 0.29) is 4.90 Å². The first-order chi connectivity index (χ1) is 6.65. The molecule has 0 aliphatic rings. The van der Waals surface area contributed by atoms with E-state index in [1.165, 1.54) is 4.89 Å². The van der Waals surface area contributed by atoms with Crippen LogP contribution < -0.4 is 4.89 Å². The highest BCUT2D eigenvalue weighted by atomic mass is 32.2. The highest BCUT2D eigenvalue weighted by Crippen LogP contribution is 2.24. The molecule has 0 radical (unpaired) electrons. The van der Waals surface area contributed by atoms with Crippen LogP contribution in [0, 0.1) is 0 Å². The second kappa shape index (κ2) is 3.09. The Morgan fingerprint density at radius 3 is 2.71 bits per heavy atom. The lowest BCUT2D eigenvalue weighted by molar-refractivity contribution is 0.242. The minimum absolute atomic E-state index is 0.0735. The molecule has 0 spiro atoms. The molecule has 0 saturated carbocycles. The van der Waals surface area contributed by atoms with Gasteiger partial charge in [-0.25, -0.2) is 8.42 Å². The number of benzene rings is 1. The highest BCUT2D eigenvalue weighted by Gasteiger charge is 2.18. The van der Waals surface area contributed by atoms with Gasteiger partial charge in [0.15, 0.2) is 0 Å². The fourth-order valence-electron chi connectivity index (χ4n) is 1.21. The summed E-state index contributed by atoms with van der Waals surface area (Å²) >= 11 is 0. The Morgan fingerprint density at radius 2 is 2.00 bits per heavy atom. The van der Waals surface area contributed by atoms with Crippen molar-refractivity contribution in [3.63, 3.8) is 0 Å². The number of para-hydroxylation sites is 1. The van der Waals surface area contributed by atoms with E-state index in [9.17, 15) is 8.42 Å². The molecule has 2 aromatic rings. The minimum Gasteiger partial charge on any atom is -0.463 e. The van der Waals surface area contributed by atoms with Crippen LogP contribution in [0.25, 0.3) is 11.0 Å². The summed E-state index contributed by atoms with van der Waals surface area (Å²) in [5.41, 5.74) is 0.460. The number of furan rings is 1. The number of sulfonamides is 1. The maximum Gasteiger partial charge on any atom is 0.266 e. The predicted molar refractivity (Wildman–Crippen MR) is 48.3 cm³/mol. The lowest BCUT2D eigenvalue weighted by atomic mass is 10.3. The molecule has 74 valence electrons. The summed E-state index contributed by atoms with van der Waals surface area (Å²) in [7, 11) is -3.87. The van der Waals surface area contributed by atoms with E-state index in [4.69, 9.17) is 9.62 Å². The van der Waals surface area contributed by atoms with Gasteiger partial charge in [0.05, 0.1) is 0 Å². The zero-order chi connectivity index (χ0) is 10.2. The molecule has 0 bridgehead atoms. The third-order valence-electron chi connectivity index (χ3n) is 1.86. The van der Waals surface area contributed by atoms with Crippen molar-refractivity contribution in [3.8, 4) is 0 Å². The smallest absolute Gasteiger partial charge is 0.266 e. The minimum atomic E-state index is -3.87. The summed E-state index contributed by atoms with van der Waals surface area (Å²) in [5.74, 6) is 0. The Bertz CT molecular complexity index is 557. The highest BCUT2D eigenvalue weighted by molar-refractivity contribution is 7.89. The Hall–Kier alpha value is -1.37. The molecule has 0 unspecified atom stereocenters. The van der Waals surface area contributed by atoms with Crippen molar-refractivity contribution in [1.82, 2.24) is 4.89 Å². The van der Waals surface area contributed by atoms with Crippen LogP contribution in [0.15, 0.2) is 39.8 Å². The topological polar surface area (TPSA) is 79.5 Å². The second-order valence-corrected chi connectivity index (χ2v) is 4.32. The van der Waals surface area contributed by atoms with Gasteiger partial charge in [-0.2, -0.15) is 0 Å². The van der Waals surface area contributed by atoms with Gasteiger partial charge in [0.25, 0.3) is 10.0 Å². The quantitative estimate of drug-likeness (QED) is 0.732. The van der Waals surface area contributed by atoms with Crippen LogP contribution in [0.4, 0.5) is 0 Å². The third kappa shape index (κ3) is 1.29. The summed E-state index contributed by atoms with van der Waals surface area (Å²) in [4.78, 5) is 1.17. The van der Waals surface area contributed by atoms with Gasteiger partial charge in [-0.3, -0.25) is 0 Å². The summed E-state index contributed by atoms with van der Waals surface area (Å²) in [6, 6.07) is 6.66. The van der Waals surface area contributed by atoms with E-state index in [1.807, 2.05) is 0 Å². The SMILES string of the molecule is O=S(=O)(NO)c1coc2ccccc12. The lowest BCUT2D eigenvalue weighted by Gasteiger charge is -1.96. The predicted octanol–water partition coefficient (Wildman–Crippen LogP) is 1.10. The second-order valence-electron chi connectivity index (χ2n) is 2.69. The molecule has 0 fully saturated rings. The molecule has 0 saturated heterocycles. The lowest BCUT2D eigenvalue weighted by Crippen LogP contribution is -2.18. The van der Waals surface area contributed by atoms with Gasteiger partial charge in [0.1, 0.15) is 16.7 Å². The number of fused-ring (bicyclic) bond motifs is 1. The molecule has 1 aromatic carbocycles. The summed E-state index contributed by atoms with van der Waals surface area (Å²) in [6.07, 6.45) is 1.09. The van der Waals surface area contributed by atoms with Crippen molar-refractivity contribution in [3.05, 3.63) is 30.5 Å². The van der Waals surface area contributed by atoms with Crippen LogP contribution in [-0.2, 0) is 10.0 Å².